The van der Waals surface area contributed by atoms with Crippen LogP contribution in [0.3, 0.4) is 0 Å². The lowest BCUT2D eigenvalue weighted by atomic mass is 9.85. The molecule has 0 unspecified atom stereocenters. The molecule has 3 rings (SSSR count). The van der Waals surface area contributed by atoms with E-state index in [-0.39, 0.29) is 60.3 Å². The van der Waals surface area contributed by atoms with Crippen LogP contribution < -0.4 is 0 Å². The van der Waals surface area contributed by atoms with Crippen LogP contribution in [0.2, 0.25) is 0 Å². The number of rotatable bonds is 20. The van der Waals surface area contributed by atoms with E-state index >= 15 is 0 Å². The van der Waals surface area contributed by atoms with Gasteiger partial charge < -0.3 is 24.0 Å². The SMILES string of the molecule is CC[C@H](C)[C@@H]([C@@H](CC(=O)N1CCC[C@H]1[C@H](OC)[C@@H](C)C(=O)C[C@@H](Cc1ccccc1)C(=O)OC)OC)N(C)C(=O)[C@@H](Cc1nc(C)cc(C)n1)C(C)C. The summed E-state index contributed by atoms with van der Waals surface area (Å²) in [5.41, 5.74) is 2.69. The minimum atomic E-state index is -0.625. The van der Waals surface area contributed by atoms with Gasteiger partial charge in [0.25, 0.3) is 0 Å². The second kappa shape index (κ2) is 20.7. The first-order valence-corrected chi connectivity index (χ1v) is 19.2. The smallest absolute Gasteiger partial charge is 0.309 e. The van der Waals surface area contributed by atoms with Crippen molar-refractivity contribution in [3.05, 3.63) is 59.2 Å². The van der Waals surface area contributed by atoms with Gasteiger partial charge in [-0.2, -0.15) is 0 Å². The molecule has 11 heteroatoms. The largest absolute Gasteiger partial charge is 0.469 e. The van der Waals surface area contributed by atoms with Crippen molar-refractivity contribution in [3.63, 3.8) is 0 Å². The zero-order valence-corrected chi connectivity index (χ0v) is 34.0. The molecule has 1 aromatic heterocycles. The van der Waals surface area contributed by atoms with E-state index in [2.05, 4.69) is 23.8 Å². The fraction of sp³-hybridized carbons (Fsp3) is 0.667. The molecule has 1 saturated heterocycles. The van der Waals surface area contributed by atoms with Crippen LogP contribution in [0.4, 0.5) is 0 Å². The fourth-order valence-corrected chi connectivity index (χ4v) is 8.03. The molecule has 53 heavy (non-hydrogen) atoms. The van der Waals surface area contributed by atoms with Crippen molar-refractivity contribution in [3.8, 4) is 0 Å². The number of methoxy groups -OCH3 is 3. The Hall–Kier alpha value is -3.70. The van der Waals surface area contributed by atoms with Crippen LogP contribution in [0, 0.1) is 43.4 Å². The third-order valence-corrected chi connectivity index (χ3v) is 11.2. The number of carbonyl (C=O) groups is 4. The molecule has 8 atom stereocenters. The maximum Gasteiger partial charge on any atom is 0.309 e. The van der Waals surface area contributed by atoms with Gasteiger partial charge in [-0.05, 0) is 56.6 Å². The monoisotopic (exact) mass is 736 g/mol. The van der Waals surface area contributed by atoms with Gasteiger partial charge in [-0.1, -0.05) is 71.4 Å². The lowest BCUT2D eigenvalue weighted by molar-refractivity contribution is -0.149. The summed E-state index contributed by atoms with van der Waals surface area (Å²) in [6, 6.07) is 10.8. The van der Waals surface area contributed by atoms with Gasteiger partial charge in [0.2, 0.25) is 11.8 Å². The highest BCUT2D eigenvalue weighted by Gasteiger charge is 2.43. The number of carbonyl (C=O) groups excluding carboxylic acids is 4. The summed E-state index contributed by atoms with van der Waals surface area (Å²) < 4.78 is 17.1. The number of benzene rings is 1. The van der Waals surface area contributed by atoms with Crippen molar-refractivity contribution in [1.82, 2.24) is 19.8 Å². The first kappa shape index (κ1) is 43.7. The summed E-state index contributed by atoms with van der Waals surface area (Å²) in [6.07, 6.45) is 2.04. The van der Waals surface area contributed by atoms with E-state index < -0.39 is 30.0 Å². The number of nitrogens with zero attached hydrogens (tertiary/aromatic N) is 4. The predicted octanol–water partition coefficient (Wildman–Crippen LogP) is 5.82. The number of esters is 1. The summed E-state index contributed by atoms with van der Waals surface area (Å²) in [6.45, 7) is 14.5. The average molecular weight is 737 g/mol. The van der Waals surface area contributed by atoms with Crippen molar-refractivity contribution in [2.45, 2.75) is 118 Å². The van der Waals surface area contributed by atoms with Gasteiger partial charge in [0.1, 0.15) is 11.6 Å². The Morgan fingerprint density at radius 1 is 0.925 bits per heavy atom. The zero-order valence-electron chi connectivity index (χ0n) is 34.0. The standard InChI is InChI=1S/C42H64N4O7/c1-12-27(4)39(45(8)41(49)33(26(2)3)24-37-43-28(5)21-29(6)44-37)36(51-9)25-38(48)46-20-16-19-34(46)40(52-10)30(7)35(47)23-32(42(50)53-11)22-31-17-14-13-15-18-31/h13-15,17-18,21,26-27,30,32-34,36,39-40H,12,16,19-20,22-25H2,1-11H3/t27-,30-,32+,33-,34-,36+,39-,40+/m0/s1. The molecule has 11 nitrogen and oxygen atoms in total. The van der Waals surface area contributed by atoms with E-state index in [1.165, 1.54) is 7.11 Å². The average Bonchev–Trinajstić information content (AvgIpc) is 3.62. The number of ether oxygens (including phenoxy) is 3. The number of hydrogen-bond acceptors (Lipinski definition) is 9. The van der Waals surface area contributed by atoms with Crippen LogP contribution in [0.1, 0.15) is 89.5 Å². The number of hydrogen-bond donors (Lipinski definition) is 0. The Kier molecular flexibility index (Phi) is 17.0. The number of aromatic nitrogens is 2. The molecule has 0 saturated carbocycles. The molecule has 1 fully saturated rings. The molecule has 0 N–H and O–H groups in total. The number of likely N-dealkylation sites (N-methyl/N-ethyl adjacent to an activating group) is 1. The van der Waals surface area contributed by atoms with Gasteiger partial charge in [-0.3, -0.25) is 19.2 Å². The number of Topliss-reactive ketones (excluding diaryl/α,β-unsaturated/α-hetero) is 1. The van der Waals surface area contributed by atoms with E-state index in [9.17, 15) is 19.2 Å². The molecule has 0 bridgehead atoms. The topological polar surface area (TPSA) is 128 Å². The highest BCUT2D eigenvalue weighted by atomic mass is 16.5. The second-order valence-corrected chi connectivity index (χ2v) is 15.3. The molecule has 2 heterocycles. The van der Waals surface area contributed by atoms with Crippen LogP contribution in [-0.2, 0) is 46.2 Å². The number of ketones is 1. The molecule has 0 radical (unpaired) electrons. The number of amides is 2. The Bertz CT molecular complexity index is 1480. The first-order chi connectivity index (χ1) is 25.2. The van der Waals surface area contributed by atoms with Crippen molar-refractivity contribution in [2.24, 2.45) is 29.6 Å². The summed E-state index contributed by atoms with van der Waals surface area (Å²) in [7, 11) is 6.33. The quantitative estimate of drug-likeness (QED) is 0.155. The fourth-order valence-electron chi connectivity index (χ4n) is 8.03. The van der Waals surface area contributed by atoms with Crippen LogP contribution in [-0.4, -0.2) is 103 Å². The van der Waals surface area contributed by atoms with E-state index in [4.69, 9.17) is 14.2 Å². The Balaban J connectivity index is 1.79. The van der Waals surface area contributed by atoms with Gasteiger partial charge >= 0.3 is 5.97 Å². The van der Waals surface area contributed by atoms with Gasteiger partial charge in [-0.25, -0.2) is 9.97 Å². The summed E-state index contributed by atoms with van der Waals surface area (Å²) >= 11 is 0. The maximum atomic E-state index is 14.3. The van der Waals surface area contributed by atoms with Crippen LogP contribution in [0.25, 0.3) is 0 Å². The second-order valence-electron chi connectivity index (χ2n) is 15.3. The lowest BCUT2D eigenvalue weighted by Gasteiger charge is -2.40. The van der Waals surface area contributed by atoms with Crippen molar-refractivity contribution >= 4 is 23.6 Å². The normalized spacial score (nSPS) is 18.5. The molecule has 1 aliphatic rings. The van der Waals surface area contributed by atoms with Crippen molar-refractivity contribution < 1.29 is 33.4 Å². The minimum absolute atomic E-state index is 0.0128. The molecule has 1 aromatic carbocycles. The van der Waals surface area contributed by atoms with E-state index in [0.29, 0.717) is 31.6 Å². The van der Waals surface area contributed by atoms with Crippen LogP contribution in [0.15, 0.2) is 36.4 Å². The van der Waals surface area contributed by atoms with Crippen LogP contribution in [0.5, 0.6) is 0 Å². The molecule has 2 aromatic rings. The Morgan fingerprint density at radius 3 is 2.11 bits per heavy atom. The summed E-state index contributed by atoms with van der Waals surface area (Å²) in [5.74, 6) is -1.46. The minimum Gasteiger partial charge on any atom is -0.469 e. The molecule has 0 aliphatic carbocycles. The number of likely N-dealkylation sites (tertiary alicyclic amines) is 1. The van der Waals surface area contributed by atoms with Crippen molar-refractivity contribution in [1.29, 1.82) is 0 Å². The zero-order chi connectivity index (χ0) is 39.4. The van der Waals surface area contributed by atoms with Gasteiger partial charge in [0.15, 0.2) is 0 Å². The van der Waals surface area contributed by atoms with E-state index in [1.54, 1.807) is 19.1 Å². The van der Waals surface area contributed by atoms with E-state index in [0.717, 1.165) is 29.8 Å². The van der Waals surface area contributed by atoms with Gasteiger partial charge in [0, 0.05) is 63.9 Å². The van der Waals surface area contributed by atoms with Crippen LogP contribution >= 0.6 is 0 Å². The Morgan fingerprint density at radius 2 is 1.57 bits per heavy atom. The van der Waals surface area contributed by atoms with E-state index in [1.807, 2.05) is 83.0 Å². The van der Waals surface area contributed by atoms with Gasteiger partial charge in [-0.15, -0.1) is 0 Å². The highest BCUT2D eigenvalue weighted by molar-refractivity contribution is 5.86. The van der Waals surface area contributed by atoms with Gasteiger partial charge in [0.05, 0.1) is 43.7 Å². The first-order valence-electron chi connectivity index (χ1n) is 19.2. The Labute approximate surface area is 317 Å². The molecule has 0 spiro atoms. The third-order valence-electron chi connectivity index (χ3n) is 11.2. The highest BCUT2D eigenvalue weighted by Crippen LogP contribution is 2.31. The summed E-state index contributed by atoms with van der Waals surface area (Å²) in [4.78, 5) is 67.8. The molecular formula is C42H64N4O7. The molecular weight excluding hydrogens is 672 g/mol. The maximum absolute atomic E-state index is 14.3. The predicted molar refractivity (Wildman–Crippen MR) is 205 cm³/mol. The number of aryl methyl sites for hydroxylation is 2. The molecule has 2 amide bonds. The van der Waals surface area contributed by atoms with Crippen molar-refractivity contribution in [2.75, 3.05) is 34.9 Å². The lowest BCUT2D eigenvalue weighted by Crippen LogP contribution is -2.54. The third kappa shape index (κ3) is 11.6. The molecule has 294 valence electrons. The summed E-state index contributed by atoms with van der Waals surface area (Å²) in [5, 5.41) is 0. The molecule has 1 aliphatic heterocycles.